The van der Waals surface area contributed by atoms with E-state index in [0.717, 1.165) is 11.3 Å². The average Bonchev–Trinajstić information content (AvgIpc) is 2.95. The molecule has 0 aliphatic heterocycles. The number of hydrogen-bond donors (Lipinski definition) is 2. The lowest BCUT2D eigenvalue weighted by Crippen LogP contribution is -2.19. The van der Waals surface area contributed by atoms with Crippen LogP contribution >= 0.6 is 11.6 Å². The number of halogens is 1. The van der Waals surface area contributed by atoms with Crippen LogP contribution in [-0.2, 0) is 0 Å². The van der Waals surface area contributed by atoms with Crippen LogP contribution in [0, 0.1) is 0 Å². The standard InChI is InChI=1S/C15H17ClN4O/c1-9(2)13-8-14(19-18-13)15(21)20-17-10(3)11-6-4-5-7-12(11)16/h4-9H,1-3H3,(H,18,19)(H,20,21). The van der Waals surface area contributed by atoms with Crippen molar-refractivity contribution in [1.29, 1.82) is 0 Å². The second-order valence-electron chi connectivity index (χ2n) is 4.98. The molecule has 2 aromatic rings. The SMILES string of the molecule is CC(=NNC(=O)c1cc(C(C)C)[nH]n1)c1ccccc1Cl. The lowest BCUT2D eigenvalue weighted by atomic mass is 10.1. The van der Waals surface area contributed by atoms with Crippen LogP contribution in [0.15, 0.2) is 35.4 Å². The van der Waals surface area contributed by atoms with Gasteiger partial charge in [0.1, 0.15) is 0 Å². The first-order valence-corrected chi connectivity index (χ1v) is 7.01. The molecular formula is C15H17ClN4O. The zero-order valence-electron chi connectivity index (χ0n) is 12.1. The Bertz CT molecular complexity index is 676. The summed E-state index contributed by atoms with van der Waals surface area (Å²) in [4.78, 5) is 12.0. The van der Waals surface area contributed by atoms with E-state index in [0.29, 0.717) is 16.4 Å². The smallest absolute Gasteiger partial charge is 0.282 e. The third-order valence-electron chi connectivity index (χ3n) is 3.04. The molecule has 0 aliphatic rings. The molecule has 0 saturated carbocycles. The fraction of sp³-hybridized carbons (Fsp3) is 0.267. The summed E-state index contributed by atoms with van der Waals surface area (Å²) in [6.07, 6.45) is 0. The van der Waals surface area contributed by atoms with Gasteiger partial charge in [-0.15, -0.1) is 0 Å². The van der Waals surface area contributed by atoms with Gasteiger partial charge in [-0.1, -0.05) is 43.6 Å². The van der Waals surface area contributed by atoms with Gasteiger partial charge in [-0.3, -0.25) is 9.89 Å². The van der Waals surface area contributed by atoms with Gasteiger partial charge in [-0.25, -0.2) is 5.43 Å². The molecular weight excluding hydrogens is 288 g/mol. The first kappa shape index (κ1) is 15.3. The molecule has 1 heterocycles. The first-order chi connectivity index (χ1) is 9.99. The van der Waals surface area contributed by atoms with Crippen LogP contribution in [0.3, 0.4) is 0 Å². The Balaban J connectivity index is 2.09. The zero-order valence-corrected chi connectivity index (χ0v) is 12.9. The summed E-state index contributed by atoms with van der Waals surface area (Å²) in [7, 11) is 0. The van der Waals surface area contributed by atoms with Gasteiger partial charge in [-0.2, -0.15) is 10.2 Å². The summed E-state index contributed by atoms with van der Waals surface area (Å²) in [5.41, 5.74) is 5.12. The predicted molar refractivity (Wildman–Crippen MR) is 83.8 cm³/mol. The number of nitrogens with zero attached hydrogens (tertiary/aromatic N) is 2. The third-order valence-corrected chi connectivity index (χ3v) is 3.37. The number of carbonyl (C=O) groups excluding carboxylic acids is 1. The molecule has 2 N–H and O–H groups in total. The molecule has 1 aromatic carbocycles. The van der Waals surface area contributed by atoms with E-state index in [1.165, 1.54) is 0 Å². The Labute approximate surface area is 128 Å². The Morgan fingerprint density at radius 3 is 2.71 bits per heavy atom. The predicted octanol–water partition coefficient (Wildman–Crippen LogP) is 3.34. The Morgan fingerprint density at radius 2 is 2.10 bits per heavy atom. The van der Waals surface area contributed by atoms with Crippen molar-refractivity contribution in [3.8, 4) is 0 Å². The summed E-state index contributed by atoms with van der Waals surface area (Å²) in [6.45, 7) is 5.83. The lowest BCUT2D eigenvalue weighted by molar-refractivity contribution is 0.0950. The molecule has 110 valence electrons. The molecule has 0 atom stereocenters. The van der Waals surface area contributed by atoms with Crippen LogP contribution in [-0.4, -0.2) is 21.8 Å². The quantitative estimate of drug-likeness (QED) is 0.672. The molecule has 1 amide bonds. The fourth-order valence-electron chi connectivity index (χ4n) is 1.76. The zero-order chi connectivity index (χ0) is 15.4. The minimum atomic E-state index is -0.357. The van der Waals surface area contributed by atoms with E-state index in [9.17, 15) is 4.79 Å². The van der Waals surface area contributed by atoms with Crippen LogP contribution in [0.5, 0.6) is 0 Å². The molecule has 0 saturated heterocycles. The van der Waals surface area contributed by atoms with Crippen molar-refractivity contribution in [2.45, 2.75) is 26.7 Å². The van der Waals surface area contributed by atoms with Crippen LogP contribution in [0.4, 0.5) is 0 Å². The van der Waals surface area contributed by atoms with Crippen molar-refractivity contribution in [3.63, 3.8) is 0 Å². The Morgan fingerprint density at radius 1 is 1.38 bits per heavy atom. The second kappa shape index (κ2) is 6.54. The van der Waals surface area contributed by atoms with E-state index in [-0.39, 0.29) is 11.8 Å². The number of hydrazone groups is 1. The summed E-state index contributed by atoms with van der Waals surface area (Å²) in [5.74, 6) is -0.0723. The van der Waals surface area contributed by atoms with Crippen molar-refractivity contribution in [3.05, 3.63) is 52.3 Å². The van der Waals surface area contributed by atoms with E-state index < -0.39 is 0 Å². The van der Waals surface area contributed by atoms with Gasteiger partial charge in [0, 0.05) is 16.3 Å². The number of hydrogen-bond acceptors (Lipinski definition) is 3. The van der Waals surface area contributed by atoms with E-state index >= 15 is 0 Å². The molecule has 0 aliphatic carbocycles. The van der Waals surface area contributed by atoms with E-state index in [4.69, 9.17) is 11.6 Å². The highest BCUT2D eigenvalue weighted by molar-refractivity contribution is 6.34. The summed E-state index contributed by atoms with van der Waals surface area (Å²) >= 11 is 6.08. The number of benzene rings is 1. The molecule has 0 fully saturated rings. The van der Waals surface area contributed by atoms with Crippen molar-refractivity contribution in [2.24, 2.45) is 5.10 Å². The topological polar surface area (TPSA) is 70.1 Å². The number of rotatable bonds is 4. The lowest BCUT2D eigenvalue weighted by Gasteiger charge is -2.03. The molecule has 0 spiro atoms. The maximum absolute atomic E-state index is 12.0. The summed E-state index contributed by atoms with van der Waals surface area (Å²) in [5, 5.41) is 11.5. The maximum atomic E-state index is 12.0. The summed E-state index contributed by atoms with van der Waals surface area (Å²) < 4.78 is 0. The highest BCUT2D eigenvalue weighted by atomic mass is 35.5. The normalized spacial score (nSPS) is 11.8. The van der Waals surface area contributed by atoms with Crippen LogP contribution in [0.25, 0.3) is 0 Å². The number of aromatic amines is 1. The van der Waals surface area contributed by atoms with Crippen LogP contribution in [0.2, 0.25) is 5.02 Å². The Kier molecular flexibility index (Phi) is 4.75. The number of nitrogens with one attached hydrogen (secondary N) is 2. The van der Waals surface area contributed by atoms with E-state index in [1.807, 2.05) is 32.0 Å². The van der Waals surface area contributed by atoms with Gasteiger partial charge in [0.15, 0.2) is 5.69 Å². The minimum Gasteiger partial charge on any atom is -0.282 e. The fourth-order valence-corrected chi connectivity index (χ4v) is 2.03. The number of carbonyl (C=O) groups is 1. The van der Waals surface area contributed by atoms with Gasteiger partial charge in [0.05, 0.1) is 5.71 Å². The van der Waals surface area contributed by atoms with Gasteiger partial charge >= 0.3 is 0 Å². The number of aromatic nitrogens is 2. The molecule has 1 aromatic heterocycles. The average molecular weight is 305 g/mol. The molecule has 6 heteroatoms. The Hall–Kier alpha value is -2.14. The highest BCUT2D eigenvalue weighted by Gasteiger charge is 2.12. The van der Waals surface area contributed by atoms with Crippen LogP contribution in [0.1, 0.15) is 48.4 Å². The number of H-pyrrole nitrogens is 1. The number of amides is 1. The van der Waals surface area contributed by atoms with Gasteiger partial charge in [0.2, 0.25) is 0 Å². The minimum absolute atomic E-state index is 0.285. The van der Waals surface area contributed by atoms with Gasteiger partial charge in [-0.05, 0) is 25.0 Å². The van der Waals surface area contributed by atoms with Crippen molar-refractivity contribution in [2.75, 3.05) is 0 Å². The largest absolute Gasteiger partial charge is 0.291 e. The summed E-state index contributed by atoms with van der Waals surface area (Å²) in [6, 6.07) is 9.05. The molecule has 0 bridgehead atoms. The highest BCUT2D eigenvalue weighted by Crippen LogP contribution is 2.15. The van der Waals surface area contributed by atoms with E-state index in [1.54, 1.807) is 19.1 Å². The molecule has 0 radical (unpaired) electrons. The molecule has 0 unspecified atom stereocenters. The van der Waals surface area contributed by atoms with Crippen molar-refractivity contribution in [1.82, 2.24) is 15.6 Å². The van der Waals surface area contributed by atoms with Crippen molar-refractivity contribution >= 4 is 23.2 Å². The molecule has 5 nitrogen and oxygen atoms in total. The van der Waals surface area contributed by atoms with Crippen LogP contribution < -0.4 is 5.43 Å². The second-order valence-corrected chi connectivity index (χ2v) is 5.39. The molecule has 2 rings (SSSR count). The maximum Gasteiger partial charge on any atom is 0.291 e. The monoisotopic (exact) mass is 304 g/mol. The van der Waals surface area contributed by atoms with E-state index in [2.05, 4.69) is 20.7 Å². The first-order valence-electron chi connectivity index (χ1n) is 6.64. The molecule has 21 heavy (non-hydrogen) atoms. The van der Waals surface area contributed by atoms with Gasteiger partial charge < -0.3 is 0 Å². The third kappa shape index (κ3) is 3.70. The van der Waals surface area contributed by atoms with Gasteiger partial charge in [0.25, 0.3) is 5.91 Å². The van der Waals surface area contributed by atoms with Crippen molar-refractivity contribution < 1.29 is 4.79 Å².